The Hall–Kier alpha value is -3.26. The van der Waals surface area contributed by atoms with Gasteiger partial charge in [0.15, 0.2) is 5.17 Å². The molecule has 0 spiro atoms. The predicted molar refractivity (Wildman–Crippen MR) is 100 cm³/mol. The number of carbonyl (C=O) groups excluding carboxylic acids is 1. The van der Waals surface area contributed by atoms with Gasteiger partial charge in [0.1, 0.15) is 5.75 Å². The number of aromatic amines is 1. The smallest absolute Gasteiger partial charge is 0.338 e. The number of aromatic carboxylic acids is 1. The maximum absolute atomic E-state index is 12.6. The highest BCUT2D eigenvalue weighted by atomic mass is 32.2. The maximum atomic E-state index is 12.6. The first kappa shape index (κ1) is 17.6. The molecule has 1 saturated heterocycles. The van der Waals surface area contributed by atoms with Crippen LogP contribution in [0.15, 0.2) is 59.1 Å². The van der Waals surface area contributed by atoms with E-state index < -0.39 is 5.97 Å². The van der Waals surface area contributed by atoms with Crippen LogP contribution in [0.5, 0.6) is 5.75 Å². The van der Waals surface area contributed by atoms with E-state index >= 15 is 0 Å². The van der Waals surface area contributed by atoms with Crippen LogP contribution in [-0.4, -0.2) is 43.7 Å². The maximum Gasteiger partial charge on any atom is 0.338 e. The molecule has 1 aliphatic rings. The first-order valence-corrected chi connectivity index (χ1v) is 8.42. The molecule has 1 amide bonds. The van der Waals surface area contributed by atoms with E-state index in [1.165, 1.54) is 17.0 Å². The zero-order valence-electron chi connectivity index (χ0n) is 13.5. The number of thioether (sulfide) groups is 1. The van der Waals surface area contributed by atoms with Gasteiger partial charge in [0.05, 0.1) is 16.2 Å². The van der Waals surface area contributed by atoms with Crippen LogP contribution in [0.4, 0.5) is 5.69 Å². The molecule has 0 unspecified atom stereocenters. The van der Waals surface area contributed by atoms with Crippen molar-refractivity contribution in [2.45, 2.75) is 0 Å². The Kier molecular flexibility index (Phi) is 4.94. The van der Waals surface area contributed by atoms with Crippen molar-refractivity contribution in [1.29, 1.82) is 0 Å². The fourth-order valence-electron chi connectivity index (χ4n) is 2.35. The summed E-state index contributed by atoms with van der Waals surface area (Å²) in [5.41, 5.74) is 0.781. The number of nitrogens with one attached hydrogen (secondary N) is 1. The van der Waals surface area contributed by atoms with Gasteiger partial charge in [0.2, 0.25) is 0 Å². The number of hydrogen-bond donors (Lipinski definition) is 3. The molecule has 2 heterocycles. The standard InChI is InChI=1S/C18H15N3O4S/c1-2-8-21-16(23)15(9-11-4-3-7-19-11)26-18(21)20-14-6-5-12(22)10-13(14)17(24)25/h2-7,9-10,19,22H,1,8H2,(H,24,25)/b15-9-,20-18?. The molecule has 2 aromatic rings. The zero-order chi connectivity index (χ0) is 18.7. The lowest BCUT2D eigenvalue weighted by atomic mass is 10.2. The third-order valence-electron chi connectivity index (χ3n) is 3.54. The molecule has 7 nitrogen and oxygen atoms in total. The molecular weight excluding hydrogens is 354 g/mol. The Balaban J connectivity index is 2.03. The number of benzene rings is 1. The number of aromatic hydroxyl groups is 1. The molecule has 0 atom stereocenters. The Morgan fingerprint density at radius 3 is 2.85 bits per heavy atom. The lowest BCUT2D eigenvalue weighted by Crippen LogP contribution is -2.29. The Morgan fingerprint density at radius 1 is 1.38 bits per heavy atom. The molecule has 1 aromatic heterocycles. The number of H-pyrrole nitrogens is 1. The number of aromatic nitrogens is 1. The second-order valence-electron chi connectivity index (χ2n) is 5.34. The highest BCUT2D eigenvalue weighted by Crippen LogP contribution is 2.35. The van der Waals surface area contributed by atoms with Gasteiger partial charge in [-0.15, -0.1) is 6.58 Å². The molecule has 1 aromatic carbocycles. The van der Waals surface area contributed by atoms with E-state index in [4.69, 9.17) is 0 Å². The van der Waals surface area contributed by atoms with E-state index in [2.05, 4.69) is 16.6 Å². The van der Waals surface area contributed by atoms with E-state index in [9.17, 15) is 19.8 Å². The molecule has 3 N–H and O–H groups in total. The molecule has 1 fully saturated rings. The van der Waals surface area contributed by atoms with Crippen molar-refractivity contribution in [3.63, 3.8) is 0 Å². The van der Waals surface area contributed by atoms with Gasteiger partial charge in [-0.25, -0.2) is 9.79 Å². The van der Waals surface area contributed by atoms with Gasteiger partial charge in [-0.2, -0.15) is 0 Å². The minimum atomic E-state index is -1.22. The third kappa shape index (κ3) is 3.55. The summed E-state index contributed by atoms with van der Waals surface area (Å²) in [7, 11) is 0. The number of amides is 1. The summed E-state index contributed by atoms with van der Waals surface area (Å²) in [4.78, 5) is 33.3. The minimum Gasteiger partial charge on any atom is -0.508 e. The molecule has 1 aliphatic heterocycles. The summed E-state index contributed by atoms with van der Waals surface area (Å²) >= 11 is 1.15. The summed E-state index contributed by atoms with van der Waals surface area (Å²) < 4.78 is 0. The third-order valence-corrected chi connectivity index (χ3v) is 4.54. The van der Waals surface area contributed by atoms with Crippen LogP contribution < -0.4 is 0 Å². The highest BCUT2D eigenvalue weighted by molar-refractivity contribution is 8.18. The number of carboxylic acid groups (broad SMARTS) is 1. The van der Waals surface area contributed by atoms with Crippen molar-refractivity contribution in [2.24, 2.45) is 4.99 Å². The van der Waals surface area contributed by atoms with Gasteiger partial charge >= 0.3 is 5.97 Å². The van der Waals surface area contributed by atoms with Crippen molar-refractivity contribution < 1.29 is 19.8 Å². The first-order valence-electron chi connectivity index (χ1n) is 7.60. The van der Waals surface area contributed by atoms with Gasteiger partial charge in [-0.05, 0) is 48.2 Å². The van der Waals surface area contributed by atoms with Crippen molar-refractivity contribution in [2.75, 3.05) is 6.54 Å². The van der Waals surface area contributed by atoms with E-state index in [1.54, 1.807) is 18.3 Å². The number of nitrogens with zero attached hydrogens (tertiary/aromatic N) is 2. The summed E-state index contributed by atoms with van der Waals surface area (Å²) in [5.74, 6) is -1.62. The topological polar surface area (TPSA) is 106 Å². The summed E-state index contributed by atoms with van der Waals surface area (Å²) in [6.45, 7) is 3.89. The normalized spacial score (nSPS) is 17.2. The Labute approximate surface area is 153 Å². The van der Waals surface area contributed by atoms with Gasteiger partial charge in [0, 0.05) is 18.4 Å². The van der Waals surface area contributed by atoms with Gasteiger partial charge in [-0.3, -0.25) is 9.69 Å². The van der Waals surface area contributed by atoms with Crippen LogP contribution in [0.1, 0.15) is 16.1 Å². The SMILES string of the molecule is C=CCN1C(=O)/C(=C/c2ccc[nH]2)SC1=Nc1ccc(O)cc1C(=O)O. The second-order valence-corrected chi connectivity index (χ2v) is 6.35. The van der Waals surface area contributed by atoms with Crippen LogP contribution in [0, 0.1) is 0 Å². The number of phenols is 1. The van der Waals surface area contributed by atoms with Gasteiger partial charge in [-0.1, -0.05) is 6.08 Å². The quantitative estimate of drug-likeness (QED) is 0.554. The fourth-order valence-corrected chi connectivity index (χ4v) is 3.34. The Bertz CT molecular complexity index is 932. The molecule has 26 heavy (non-hydrogen) atoms. The van der Waals surface area contributed by atoms with Crippen molar-refractivity contribution >= 4 is 40.6 Å². The van der Waals surface area contributed by atoms with Crippen LogP contribution >= 0.6 is 11.8 Å². The predicted octanol–water partition coefficient (Wildman–Crippen LogP) is 3.21. The molecule has 3 rings (SSSR count). The number of carbonyl (C=O) groups is 2. The van der Waals surface area contributed by atoms with E-state index in [1.807, 2.05) is 12.1 Å². The number of phenolic OH excluding ortho intramolecular Hbond substituents is 1. The summed E-state index contributed by atoms with van der Waals surface area (Å²) in [5, 5.41) is 19.2. The van der Waals surface area contributed by atoms with Crippen LogP contribution in [0.25, 0.3) is 6.08 Å². The fraction of sp³-hybridized carbons (Fsp3) is 0.0556. The van der Waals surface area contributed by atoms with Gasteiger partial charge in [0.25, 0.3) is 5.91 Å². The number of rotatable bonds is 5. The zero-order valence-corrected chi connectivity index (χ0v) is 14.4. The molecule has 0 saturated carbocycles. The summed E-state index contributed by atoms with van der Waals surface area (Å²) in [6.07, 6.45) is 5.03. The lowest BCUT2D eigenvalue weighted by molar-refractivity contribution is -0.121. The molecule has 0 radical (unpaired) electrons. The average Bonchev–Trinajstić information content (AvgIpc) is 3.21. The number of carboxylic acids is 1. The minimum absolute atomic E-state index is 0.147. The van der Waals surface area contributed by atoms with Crippen molar-refractivity contribution in [3.05, 3.63) is 65.3 Å². The Morgan fingerprint density at radius 2 is 2.19 bits per heavy atom. The van der Waals surface area contributed by atoms with Gasteiger partial charge < -0.3 is 15.2 Å². The average molecular weight is 369 g/mol. The number of aliphatic imine (C=N–C) groups is 1. The first-order chi connectivity index (χ1) is 12.5. The lowest BCUT2D eigenvalue weighted by Gasteiger charge is -2.13. The van der Waals surface area contributed by atoms with Crippen LogP contribution in [-0.2, 0) is 4.79 Å². The molecule has 0 bridgehead atoms. The molecule has 132 valence electrons. The van der Waals surface area contributed by atoms with Crippen molar-refractivity contribution in [1.82, 2.24) is 9.88 Å². The molecule has 8 heteroatoms. The van der Waals surface area contributed by atoms with E-state index in [0.29, 0.717) is 10.1 Å². The monoisotopic (exact) mass is 369 g/mol. The number of amidine groups is 1. The van der Waals surface area contributed by atoms with E-state index in [0.717, 1.165) is 23.5 Å². The second kappa shape index (κ2) is 7.32. The van der Waals surface area contributed by atoms with E-state index in [-0.39, 0.29) is 29.5 Å². The van der Waals surface area contributed by atoms with Crippen LogP contribution in [0.3, 0.4) is 0 Å². The molecular formula is C18H15N3O4S. The number of hydrogen-bond acceptors (Lipinski definition) is 5. The largest absolute Gasteiger partial charge is 0.508 e. The van der Waals surface area contributed by atoms with Crippen molar-refractivity contribution in [3.8, 4) is 5.75 Å². The molecule has 0 aliphatic carbocycles. The van der Waals surface area contributed by atoms with Crippen LogP contribution in [0.2, 0.25) is 0 Å². The summed E-state index contributed by atoms with van der Waals surface area (Å²) in [6, 6.07) is 7.52. The highest BCUT2D eigenvalue weighted by Gasteiger charge is 2.33.